The lowest BCUT2D eigenvalue weighted by molar-refractivity contribution is -0.125. The van der Waals surface area contributed by atoms with Gasteiger partial charge in [-0.15, -0.1) is 0 Å². The molecular weight excluding hydrogens is 385 g/mol. The van der Waals surface area contributed by atoms with Crippen LogP contribution in [0.5, 0.6) is 0 Å². The van der Waals surface area contributed by atoms with Crippen molar-refractivity contribution in [1.82, 2.24) is 5.32 Å². The first-order chi connectivity index (χ1) is 13.2. The number of halogens is 1. The van der Waals surface area contributed by atoms with E-state index in [1.165, 1.54) is 36.4 Å². The second-order valence-electron chi connectivity index (χ2n) is 6.72. The first kappa shape index (κ1) is 19.8. The largest absolute Gasteiger partial charge is 0.347 e. The molecule has 0 aromatic heterocycles. The van der Waals surface area contributed by atoms with Gasteiger partial charge in [0.2, 0.25) is 11.8 Å². The molecule has 0 heterocycles. The lowest BCUT2D eigenvalue weighted by Crippen LogP contribution is -2.34. The predicted molar refractivity (Wildman–Crippen MR) is 103 cm³/mol. The highest BCUT2D eigenvalue weighted by Crippen LogP contribution is 2.37. The minimum atomic E-state index is -3.84. The number of rotatable bonds is 7. The Morgan fingerprint density at radius 1 is 1.04 bits per heavy atom. The van der Waals surface area contributed by atoms with E-state index in [0.29, 0.717) is 17.3 Å². The first-order valence-corrected chi connectivity index (χ1v) is 10.2. The molecule has 1 fully saturated rings. The van der Waals surface area contributed by atoms with Crippen molar-refractivity contribution in [2.75, 3.05) is 16.6 Å². The average molecular weight is 405 g/mol. The monoisotopic (exact) mass is 405 g/mol. The van der Waals surface area contributed by atoms with E-state index in [4.69, 9.17) is 0 Å². The number of carbonyl (C=O) groups is 2. The average Bonchev–Trinajstić information content (AvgIpc) is 3.38. The minimum Gasteiger partial charge on any atom is -0.347 e. The molecule has 2 aromatic rings. The summed E-state index contributed by atoms with van der Waals surface area (Å²) in [5.74, 6) is -0.646. The van der Waals surface area contributed by atoms with Crippen molar-refractivity contribution in [1.29, 1.82) is 0 Å². The standard InChI is InChI=1S/C19H20FN3O4S/c1-12-10-17(12)19(25)21-11-18(24)22-14-4-6-15(7-5-14)23-28(26,27)16-8-2-13(20)3-9-16/h2-9,12,17,23H,10-11H2,1H3,(H,21,25)(H,22,24)/t12-,17-/m0/s1. The second kappa shape index (κ2) is 7.97. The fourth-order valence-electron chi connectivity index (χ4n) is 2.64. The van der Waals surface area contributed by atoms with Gasteiger partial charge in [0.25, 0.3) is 10.0 Å². The van der Waals surface area contributed by atoms with Crippen molar-refractivity contribution in [3.63, 3.8) is 0 Å². The zero-order valence-corrected chi connectivity index (χ0v) is 15.9. The van der Waals surface area contributed by atoms with E-state index in [1.54, 1.807) is 0 Å². The van der Waals surface area contributed by atoms with Crippen molar-refractivity contribution in [2.24, 2.45) is 11.8 Å². The topological polar surface area (TPSA) is 104 Å². The van der Waals surface area contributed by atoms with E-state index in [-0.39, 0.29) is 29.2 Å². The molecule has 1 aliphatic carbocycles. The van der Waals surface area contributed by atoms with Crippen molar-refractivity contribution in [2.45, 2.75) is 18.2 Å². The Hall–Kier alpha value is -2.94. The van der Waals surface area contributed by atoms with Crippen LogP contribution in [0.2, 0.25) is 0 Å². The van der Waals surface area contributed by atoms with Gasteiger partial charge in [0.1, 0.15) is 5.82 Å². The van der Waals surface area contributed by atoms with Gasteiger partial charge < -0.3 is 10.6 Å². The maximum absolute atomic E-state index is 12.9. The minimum absolute atomic E-state index is 0.00112. The van der Waals surface area contributed by atoms with Crippen LogP contribution in [0.15, 0.2) is 53.4 Å². The van der Waals surface area contributed by atoms with Gasteiger partial charge in [-0.1, -0.05) is 6.92 Å². The number of benzene rings is 2. The summed E-state index contributed by atoms with van der Waals surface area (Å²) in [7, 11) is -3.84. The fourth-order valence-corrected chi connectivity index (χ4v) is 3.70. The molecule has 0 aliphatic heterocycles. The first-order valence-electron chi connectivity index (χ1n) is 8.70. The number of hydrogen-bond donors (Lipinski definition) is 3. The molecule has 0 spiro atoms. The maximum atomic E-state index is 12.9. The molecule has 9 heteroatoms. The van der Waals surface area contributed by atoms with Crippen LogP contribution in [0.3, 0.4) is 0 Å². The van der Waals surface area contributed by atoms with Gasteiger partial charge in [-0.25, -0.2) is 12.8 Å². The summed E-state index contributed by atoms with van der Waals surface area (Å²) in [6, 6.07) is 10.5. The third-order valence-electron chi connectivity index (χ3n) is 4.41. The van der Waals surface area contributed by atoms with E-state index in [0.717, 1.165) is 18.6 Å². The van der Waals surface area contributed by atoms with Crippen molar-refractivity contribution in [3.8, 4) is 0 Å². The summed E-state index contributed by atoms with van der Waals surface area (Å²) in [5.41, 5.74) is 0.752. The quantitative estimate of drug-likeness (QED) is 0.658. The van der Waals surface area contributed by atoms with Gasteiger partial charge in [-0.3, -0.25) is 14.3 Å². The molecule has 0 bridgehead atoms. The van der Waals surface area contributed by atoms with E-state index in [2.05, 4.69) is 15.4 Å². The molecule has 0 radical (unpaired) electrons. The summed E-state index contributed by atoms with van der Waals surface area (Å²) < 4.78 is 39.8. The predicted octanol–water partition coefficient (Wildman–Crippen LogP) is 2.34. The number of anilines is 2. The van der Waals surface area contributed by atoms with Crippen molar-refractivity contribution in [3.05, 3.63) is 54.3 Å². The zero-order chi connectivity index (χ0) is 20.3. The maximum Gasteiger partial charge on any atom is 0.261 e. The van der Waals surface area contributed by atoms with Crippen molar-refractivity contribution >= 4 is 33.2 Å². The van der Waals surface area contributed by atoms with Gasteiger partial charge in [0.15, 0.2) is 0 Å². The normalized spacial score (nSPS) is 18.2. The van der Waals surface area contributed by atoms with Gasteiger partial charge in [-0.2, -0.15) is 0 Å². The van der Waals surface area contributed by atoms with Crippen LogP contribution in [0, 0.1) is 17.7 Å². The Morgan fingerprint density at radius 2 is 1.61 bits per heavy atom. The van der Waals surface area contributed by atoms with Crippen LogP contribution in [-0.2, 0) is 19.6 Å². The number of hydrogen-bond acceptors (Lipinski definition) is 4. The summed E-state index contributed by atoms with van der Waals surface area (Å²) in [6.45, 7) is 1.86. The SMILES string of the molecule is C[C@H]1C[C@@H]1C(=O)NCC(=O)Nc1ccc(NS(=O)(=O)c2ccc(F)cc2)cc1. The Balaban J connectivity index is 1.53. The van der Waals surface area contributed by atoms with Crippen molar-refractivity contribution < 1.29 is 22.4 Å². The molecule has 148 valence electrons. The third kappa shape index (κ3) is 5.07. The van der Waals surface area contributed by atoms with E-state index >= 15 is 0 Å². The lowest BCUT2D eigenvalue weighted by Gasteiger charge is -2.10. The second-order valence-corrected chi connectivity index (χ2v) is 8.40. The highest BCUT2D eigenvalue weighted by molar-refractivity contribution is 7.92. The molecule has 1 saturated carbocycles. The Morgan fingerprint density at radius 3 is 2.18 bits per heavy atom. The summed E-state index contributed by atoms with van der Waals surface area (Å²) in [5, 5.41) is 5.21. The molecule has 0 unspecified atom stereocenters. The van der Waals surface area contributed by atoms with Crippen LogP contribution < -0.4 is 15.4 Å². The summed E-state index contributed by atoms with van der Waals surface area (Å²) in [6.07, 6.45) is 0.850. The number of nitrogens with one attached hydrogen (secondary N) is 3. The van der Waals surface area contributed by atoms with Crippen LogP contribution >= 0.6 is 0 Å². The fraction of sp³-hybridized carbons (Fsp3) is 0.263. The molecule has 3 N–H and O–H groups in total. The number of carbonyl (C=O) groups excluding carboxylic acids is 2. The van der Waals surface area contributed by atoms with Crippen LogP contribution in [-0.4, -0.2) is 26.8 Å². The van der Waals surface area contributed by atoms with E-state index < -0.39 is 15.8 Å². The molecule has 3 rings (SSSR count). The molecule has 1 aliphatic rings. The molecule has 7 nitrogen and oxygen atoms in total. The van der Waals surface area contributed by atoms with Crippen LogP contribution in [0.25, 0.3) is 0 Å². The van der Waals surface area contributed by atoms with E-state index in [1.807, 2.05) is 6.92 Å². The van der Waals surface area contributed by atoms with Gasteiger partial charge in [0.05, 0.1) is 11.4 Å². The molecule has 2 amide bonds. The molecular formula is C19H20FN3O4S. The Kier molecular flexibility index (Phi) is 5.64. The smallest absolute Gasteiger partial charge is 0.261 e. The Labute approximate surface area is 162 Å². The molecule has 28 heavy (non-hydrogen) atoms. The zero-order valence-electron chi connectivity index (χ0n) is 15.1. The Bertz CT molecular complexity index is 975. The van der Waals surface area contributed by atoms with Gasteiger partial charge >= 0.3 is 0 Å². The summed E-state index contributed by atoms with van der Waals surface area (Å²) in [4.78, 5) is 23.5. The van der Waals surface area contributed by atoms with Crippen LogP contribution in [0.1, 0.15) is 13.3 Å². The lowest BCUT2D eigenvalue weighted by atomic mass is 10.3. The third-order valence-corrected chi connectivity index (χ3v) is 5.81. The van der Waals surface area contributed by atoms with Crippen LogP contribution in [0.4, 0.5) is 15.8 Å². The van der Waals surface area contributed by atoms with Gasteiger partial charge in [-0.05, 0) is 60.9 Å². The molecule has 2 atom stereocenters. The number of sulfonamides is 1. The van der Waals surface area contributed by atoms with Gasteiger partial charge in [0, 0.05) is 17.3 Å². The highest BCUT2D eigenvalue weighted by Gasteiger charge is 2.38. The molecule has 0 saturated heterocycles. The molecule has 2 aromatic carbocycles. The highest BCUT2D eigenvalue weighted by atomic mass is 32.2. The summed E-state index contributed by atoms with van der Waals surface area (Å²) >= 11 is 0. The number of amides is 2. The van der Waals surface area contributed by atoms with E-state index in [9.17, 15) is 22.4 Å².